The van der Waals surface area contributed by atoms with E-state index in [0.29, 0.717) is 31.7 Å². The zero-order valence-electron chi connectivity index (χ0n) is 20.3. The maximum absolute atomic E-state index is 14.7. The fourth-order valence-electron chi connectivity index (χ4n) is 5.85. The van der Waals surface area contributed by atoms with Crippen molar-refractivity contribution in [3.63, 3.8) is 0 Å². The maximum atomic E-state index is 14.7. The normalized spacial score (nSPS) is 29.9. The highest BCUT2D eigenvalue weighted by molar-refractivity contribution is 5.81. The number of hydrogen-bond acceptors (Lipinski definition) is 4. The number of aliphatic hydroxyl groups is 1. The molecule has 2 aliphatic heterocycles. The van der Waals surface area contributed by atoms with Gasteiger partial charge in [0, 0.05) is 50.0 Å². The molecule has 0 aliphatic carbocycles. The first-order valence-corrected chi connectivity index (χ1v) is 12.0. The molecule has 0 unspecified atom stereocenters. The lowest BCUT2D eigenvalue weighted by molar-refractivity contribution is -0.152. The second-order valence-corrected chi connectivity index (χ2v) is 9.83. The zero-order chi connectivity index (χ0) is 24.6. The van der Waals surface area contributed by atoms with Gasteiger partial charge in [-0.3, -0.25) is 4.79 Å². The van der Waals surface area contributed by atoms with Crippen molar-refractivity contribution in [3.05, 3.63) is 65.2 Å². The third-order valence-electron chi connectivity index (χ3n) is 7.88. The molecule has 4 rings (SSSR count). The first-order chi connectivity index (χ1) is 16.2. The summed E-state index contributed by atoms with van der Waals surface area (Å²) in [6, 6.07) is 11.1. The van der Waals surface area contributed by atoms with Crippen molar-refractivity contribution >= 4 is 5.91 Å². The molecule has 0 bridgehead atoms. The highest BCUT2D eigenvalue weighted by Gasteiger charge is 2.49. The first kappa shape index (κ1) is 24.6. The Kier molecular flexibility index (Phi) is 6.97. The molecule has 184 valence electrons. The van der Waals surface area contributed by atoms with Gasteiger partial charge in [-0.25, -0.2) is 8.78 Å². The molecule has 2 aromatic carbocycles. The molecule has 0 radical (unpaired) electrons. The average Bonchev–Trinajstić information content (AvgIpc) is 3.26. The molecule has 5 atom stereocenters. The highest BCUT2D eigenvalue weighted by Crippen LogP contribution is 2.43. The number of benzene rings is 2. The smallest absolute Gasteiger partial charge is 0.227 e. The van der Waals surface area contributed by atoms with Gasteiger partial charge in [0.25, 0.3) is 0 Å². The van der Waals surface area contributed by atoms with E-state index in [-0.39, 0.29) is 23.7 Å². The predicted octanol–water partition coefficient (Wildman–Crippen LogP) is 4.01. The van der Waals surface area contributed by atoms with Gasteiger partial charge in [-0.1, -0.05) is 39.0 Å². The molecule has 2 aromatic rings. The molecular weight excluding hydrogens is 438 g/mol. The summed E-state index contributed by atoms with van der Waals surface area (Å²) in [4.78, 5) is 17.7. The molecule has 2 fully saturated rings. The number of carbonyl (C=O) groups excluding carboxylic acids is 1. The molecule has 34 heavy (non-hydrogen) atoms. The predicted molar refractivity (Wildman–Crippen MR) is 127 cm³/mol. The van der Waals surface area contributed by atoms with Crippen molar-refractivity contribution in [2.75, 3.05) is 39.8 Å². The van der Waals surface area contributed by atoms with Crippen LogP contribution in [-0.2, 0) is 10.4 Å². The number of halogens is 2. The minimum absolute atomic E-state index is 0.0276. The fraction of sp³-hybridized carbons (Fsp3) is 0.519. The maximum Gasteiger partial charge on any atom is 0.227 e. The van der Waals surface area contributed by atoms with Crippen molar-refractivity contribution in [3.8, 4) is 5.75 Å². The van der Waals surface area contributed by atoms with Crippen LogP contribution in [0.3, 0.4) is 0 Å². The molecule has 2 heterocycles. The fourth-order valence-corrected chi connectivity index (χ4v) is 5.85. The van der Waals surface area contributed by atoms with E-state index in [9.17, 15) is 18.7 Å². The highest BCUT2D eigenvalue weighted by atomic mass is 19.1. The van der Waals surface area contributed by atoms with Gasteiger partial charge in [0.05, 0.1) is 18.6 Å². The second-order valence-electron chi connectivity index (χ2n) is 9.83. The number of ether oxygens (including phenoxy) is 1. The van der Waals surface area contributed by atoms with Crippen LogP contribution in [0.25, 0.3) is 0 Å². The minimum atomic E-state index is -1.07. The SMILES string of the molecule is CCN1C[C@@H](C(=O)N2C[C@@H](C)[C@](O)(c3ccc(OC)cc3)[C@@H](C)C2)[C@H](c2ccc(F)cc2F)C1. The Morgan fingerprint density at radius 3 is 2.26 bits per heavy atom. The van der Waals surface area contributed by atoms with Gasteiger partial charge in [-0.15, -0.1) is 0 Å². The van der Waals surface area contributed by atoms with E-state index in [1.54, 1.807) is 7.11 Å². The van der Waals surface area contributed by atoms with E-state index in [1.165, 1.54) is 12.1 Å². The number of likely N-dealkylation sites (tertiary alicyclic amines) is 2. The van der Waals surface area contributed by atoms with Crippen molar-refractivity contribution in [1.82, 2.24) is 9.80 Å². The summed E-state index contributed by atoms with van der Waals surface area (Å²) in [6.07, 6.45) is 0. The summed E-state index contributed by atoms with van der Waals surface area (Å²) in [5, 5.41) is 11.7. The Bertz CT molecular complexity index is 1020. The van der Waals surface area contributed by atoms with Gasteiger partial charge in [0.2, 0.25) is 5.91 Å². The van der Waals surface area contributed by atoms with Crippen LogP contribution in [0.2, 0.25) is 0 Å². The Morgan fingerprint density at radius 2 is 1.71 bits per heavy atom. The van der Waals surface area contributed by atoms with E-state index in [0.717, 1.165) is 23.9 Å². The van der Waals surface area contributed by atoms with Crippen molar-refractivity contribution < 1.29 is 23.4 Å². The Labute approximate surface area is 200 Å². The summed E-state index contributed by atoms with van der Waals surface area (Å²) in [5.41, 5.74) is 0.129. The summed E-state index contributed by atoms with van der Waals surface area (Å²) in [7, 11) is 1.60. The van der Waals surface area contributed by atoms with Gasteiger partial charge in [-0.2, -0.15) is 0 Å². The number of methoxy groups -OCH3 is 1. The number of piperidine rings is 1. The van der Waals surface area contributed by atoms with Crippen LogP contribution in [0.5, 0.6) is 5.75 Å². The number of rotatable bonds is 5. The lowest BCUT2D eigenvalue weighted by Crippen LogP contribution is -2.57. The molecular formula is C27H34F2N2O3. The van der Waals surface area contributed by atoms with Gasteiger partial charge in [0.15, 0.2) is 0 Å². The van der Waals surface area contributed by atoms with Gasteiger partial charge in [0.1, 0.15) is 17.4 Å². The topological polar surface area (TPSA) is 53.0 Å². The van der Waals surface area contributed by atoms with Crippen LogP contribution < -0.4 is 4.74 Å². The third-order valence-corrected chi connectivity index (χ3v) is 7.88. The van der Waals surface area contributed by atoms with Crippen molar-refractivity contribution in [1.29, 1.82) is 0 Å². The van der Waals surface area contributed by atoms with Crippen LogP contribution in [0.4, 0.5) is 8.78 Å². The van der Waals surface area contributed by atoms with Crippen LogP contribution in [0.15, 0.2) is 42.5 Å². The quantitative estimate of drug-likeness (QED) is 0.715. The summed E-state index contributed by atoms with van der Waals surface area (Å²) >= 11 is 0. The molecule has 1 amide bonds. The standard InChI is InChI=1S/C27H34F2N2O3/c1-5-30-15-23(22-11-8-20(28)12-25(22)29)24(16-30)26(32)31-13-17(2)27(33,18(3)14-31)19-6-9-21(34-4)10-7-19/h6-12,17-18,23-24,33H,5,13-16H2,1-4H3/t17-,18+,23-,24+,27-/m0/s1. The number of hydrogen-bond donors (Lipinski definition) is 1. The molecule has 2 aliphatic rings. The lowest BCUT2D eigenvalue weighted by Gasteiger charge is -2.48. The van der Waals surface area contributed by atoms with Crippen LogP contribution in [-0.4, -0.2) is 60.6 Å². The van der Waals surface area contributed by atoms with E-state index >= 15 is 0 Å². The van der Waals surface area contributed by atoms with Gasteiger partial charge in [-0.05, 0) is 35.9 Å². The zero-order valence-corrected chi connectivity index (χ0v) is 20.3. The largest absolute Gasteiger partial charge is 0.497 e. The Balaban J connectivity index is 1.56. The van der Waals surface area contributed by atoms with Crippen LogP contribution in [0, 0.1) is 29.4 Å². The van der Waals surface area contributed by atoms with Crippen molar-refractivity contribution in [2.24, 2.45) is 17.8 Å². The van der Waals surface area contributed by atoms with Crippen molar-refractivity contribution in [2.45, 2.75) is 32.3 Å². The molecule has 0 spiro atoms. The summed E-state index contributed by atoms with van der Waals surface area (Å²) < 4.78 is 33.4. The summed E-state index contributed by atoms with van der Waals surface area (Å²) in [6.45, 7) is 8.62. The number of carbonyl (C=O) groups is 1. The van der Waals surface area contributed by atoms with E-state index in [1.807, 2.05) is 49.9 Å². The second kappa shape index (κ2) is 9.62. The molecule has 0 saturated carbocycles. The number of likely N-dealkylation sites (N-methyl/N-ethyl adjacent to an activating group) is 1. The van der Waals surface area contributed by atoms with Crippen LogP contribution >= 0.6 is 0 Å². The van der Waals surface area contributed by atoms with E-state index in [4.69, 9.17) is 4.74 Å². The average molecular weight is 473 g/mol. The molecule has 5 nitrogen and oxygen atoms in total. The first-order valence-electron chi connectivity index (χ1n) is 12.0. The monoisotopic (exact) mass is 472 g/mol. The van der Waals surface area contributed by atoms with E-state index < -0.39 is 23.2 Å². The minimum Gasteiger partial charge on any atom is -0.497 e. The molecule has 7 heteroatoms. The number of nitrogens with zero attached hydrogens (tertiary/aromatic N) is 2. The third kappa shape index (κ3) is 4.31. The molecule has 2 saturated heterocycles. The van der Waals surface area contributed by atoms with Gasteiger partial charge >= 0.3 is 0 Å². The van der Waals surface area contributed by atoms with E-state index in [2.05, 4.69) is 4.90 Å². The lowest BCUT2D eigenvalue weighted by atomic mass is 9.70. The van der Waals surface area contributed by atoms with Gasteiger partial charge < -0.3 is 19.6 Å². The number of amides is 1. The Hall–Kier alpha value is -2.51. The van der Waals surface area contributed by atoms with Crippen LogP contribution in [0.1, 0.15) is 37.8 Å². The molecule has 1 N–H and O–H groups in total. The summed E-state index contributed by atoms with van der Waals surface area (Å²) in [5.74, 6) is -1.66. The Morgan fingerprint density at radius 1 is 1.06 bits per heavy atom. The molecule has 0 aromatic heterocycles.